The van der Waals surface area contributed by atoms with Crippen LogP contribution in [0.5, 0.6) is 5.75 Å². The molecule has 0 bridgehead atoms. The van der Waals surface area contributed by atoms with Gasteiger partial charge in [-0.2, -0.15) is 0 Å². The van der Waals surface area contributed by atoms with Gasteiger partial charge in [-0.1, -0.05) is 78.0 Å². The molecule has 0 fully saturated rings. The van der Waals surface area contributed by atoms with Crippen LogP contribution < -0.4 is 10.1 Å². The minimum Gasteiger partial charge on any atom is -0.489 e. The van der Waals surface area contributed by atoms with Crippen LogP contribution in [0, 0.1) is 0 Å². The number of carbonyl (C=O) groups excluding carboxylic acids is 1. The lowest BCUT2D eigenvalue weighted by atomic mass is 10.1. The van der Waals surface area contributed by atoms with Crippen LogP contribution in [0.25, 0.3) is 0 Å². The molecule has 188 valence electrons. The zero-order chi connectivity index (χ0) is 26.0. The van der Waals surface area contributed by atoms with Crippen molar-refractivity contribution in [1.29, 1.82) is 0 Å². The molecule has 0 atom stereocenters. The largest absolute Gasteiger partial charge is 0.489 e. The number of hydrogen-bond acceptors (Lipinski definition) is 4. The SMILES string of the molecule is O=C(O)Cc1cccc(NC(=O)CCc2ccc(Sc3cccc(OCc4ccccc4)c3)cc2Cl)c1. The van der Waals surface area contributed by atoms with Crippen molar-refractivity contribution < 1.29 is 19.4 Å². The zero-order valence-corrected chi connectivity index (χ0v) is 21.6. The number of carbonyl (C=O) groups is 2. The molecule has 0 spiro atoms. The van der Waals surface area contributed by atoms with E-state index in [4.69, 9.17) is 21.4 Å². The molecule has 37 heavy (non-hydrogen) atoms. The minimum atomic E-state index is -0.913. The molecule has 0 unspecified atom stereocenters. The van der Waals surface area contributed by atoms with E-state index in [0.29, 0.717) is 29.3 Å². The highest BCUT2D eigenvalue weighted by molar-refractivity contribution is 7.99. The van der Waals surface area contributed by atoms with E-state index in [1.165, 1.54) is 0 Å². The van der Waals surface area contributed by atoms with E-state index in [1.54, 1.807) is 36.0 Å². The van der Waals surface area contributed by atoms with Crippen molar-refractivity contribution in [3.63, 3.8) is 0 Å². The number of benzene rings is 4. The van der Waals surface area contributed by atoms with Crippen molar-refractivity contribution in [3.8, 4) is 5.75 Å². The Kier molecular flexibility index (Phi) is 9.24. The summed E-state index contributed by atoms with van der Waals surface area (Å²) in [5.41, 5.74) is 3.22. The third kappa shape index (κ3) is 8.41. The molecule has 4 aromatic rings. The molecule has 5 nitrogen and oxygen atoms in total. The molecule has 4 rings (SSSR count). The van der Waals surface area contributed by atoms with Gasteiger partial charge in [-0.3, -0.25) is 9.59 Å². The topological polar surface area (TPSA) is 75.6 Å². The molecule has 0 radical (unpaired) electrons. The molecule has 7 heteroatoms. The highest BCUT2D eigenvalue weighted by Gasteiger charge is 2.09. The summed E-state index contributed by atoms with van der Waals surface area (Å²) < 4.78 is 5.93. The van der Waals surface area contributed by atoms with Crippen molar-refractivity contribution in [1.82, 2.24) is 0 Å². The Morgan fingerprint density at radius 2 is 1.59 bits per heavy atom. The number of aryl methyl sites for hydroxylation is 1. The van der Waals surface area contributed by atoms with Gasteiger partial charge in [-0.05, 0) is 65.6 Å². The molecule has 0 saturated carbocycles. The van der Waals surface area contributed by atoms with Crippen molar-refractivity contribution in [2.45, 2.75) is 35.7 Å². The van der Waals surface area contributed by atoms with Gasteiger partial charge in [-0.25, -0.2) is 0 Å². The Morgan fingerprint density at radius 1 is 0.838 bits per heavy atom. The van der Waals surface area contributed by atoms with Crippen LogP contribution in [0.4, 0.5) is 5.69 Å². The zero-order valence-electron chi connectivity index (χ0n) is 20.0. The van der Waals surface area contributed by atoms with Crippen LogP contribution >= 0.6 is 23.4 Å². The van der Waals surface area contributed by atoms with Crippen LogP contribution in [-0.2, 0) is 29.0 Å². The molecule has 2 N–H and O–H groups in total. The first kappa shape index (κ1) is 26.3. The summed E-state index contributed by atoms with van der Waals surface area (Å²) in [5.74, 6) is -0.269. The lowest BCUT2D eigenvalue weighted by Crippen LogP contribution is -2.12. The normalized spacial score (nSPS) is 10.6. The Labute approximate surface area is 225 Å². The minimum absolute atomic E-state index is 0.0886. The second-order valence-electron chi connectivity index (χ2n) is 8.42. The third-order valence-electron chi connectivity index (χ3n) is 5.50. The number of aliphatic carboxylic acids is 1. The maximum Gasteiger partial charge on any atom is 0.307 e. The fourth-order valence-corrected chi connectivity index (χ4v) is 4.95. The molecule has 0 aliphatic rings. The van der Waals surface area contributed by atoms with Crippen molar-refractivity contribution >= 4 is 40.9 Å². The van der Waals surface area contributed by atoms with Gasteiger partial charge in [0.05, 0.1) is 6.42 Å². The van der Waals surface area contributed by atoms with Crippen LogP contribution in [0.15, 0.2) is 107 Å². The van der Waals surface area contributed by atoms with Gasteiger partial charge in [0.1, 0.15) is 12.4 Å². The second-order valence-corrected chi connectivity index (χ2v) is 9.98. The summed E-state index contributed by atoms with van der Waals surface area (Å²) >= 11 is 8.12. The first-order valence-corrected chi connectivity index (χ1v) is 13.0. The van der Waals surface area contributed by atoms with Gasteiger partial charge in [0.25, 0.3) is 0 Å². The van der Waals surface area contributed by atoms with E-state index in [2.05, 4.69) is 5.32 Å². The molecular weight excluding hydrogens is 506 g/mol. The molecule has 0 saturated heterocycles. The fraction of sp³-hybridized carbons (Fsp3) is 0.133. The van der Waals surface area contributed by atoms with Gasteiger partial charge < -0.3 is 15.2 Å². The Morgan fingerprint density at radius 3 is 2.38 bits per heavy atom. The quantitative estimate of drug-likeness (QED) is 0.213. The second kappa shape index (κ2) is 13.0. The van der Waals surface area contributed by atoms with Gasteiger partial charge in [0, 0.05) is 26.9 Å². The number of amides is 1. The molecule has 4 aromatic carbocycles. The average molecular weight is 532 g/mol. The summed E-state index contributed by atoms with van der Waals surface area (Å²) in [4.78, 5) is 25.4. The number of halogens is 1. The van der Waals surface area contributed by atoms with E-state index in [1.807, 2.05) is 72.8 Å². The van der Waals surface area contributed by atoms with Gasteiger partial charge in [-0.15, -0.1) is 0 Å². The molecule has 0 aliphatic heterocycles. The van der Waals surface area contributed by atoms with E-state index < -0.39 is 5.97 Å². The van der Waals surface area contributed by atoms with E-state index in [-0.39, 0.29) is 18.7 Å². The van der Waals surface area contributed by atoms with E-state index >= 15 is 0 Å². The highest BCUT2D eigenvalue weighted by atomic mass is 35.5. The van der Waals surface area contributed by atoms with Gasteiger partial charge >= 0.3 is 5.97 Å². The third-order valence-corrected chi connectivity index (χ3v) is 6.83. The molecule has 0 heterocycles. The average Bonchev–Trinajstić information content (AvgIpc) is 2.88. The van der Waals surface area contributed by atoms with Gasteiger partial charge in [0.2, 0.25) is 5.91 Å². The molecule has 0 aromatic heterocycles. The number of hydrogen-bond donors (Lipinski definition) is 2. The fourth-order valence-electron chi connectivity index (χ4n) is 3.70. The Balaban J connectivity index is 1.30. The summed E-state index contributed by atoms with van der Waals surface area (Å²) in [5, 5.41) is 12.4. The first-order valence-electron chi connectivity index (χ1n) is 11.8. The summed E-state index contributed by atoms with van der Waals surface area (Å²) in [6.45, 7) is 0.511. The lowest BCUT2D eigenvalue weighted by Gasteiger charge is -2.10. The lowest BCUT2D eigenvalue weighted by molar-refractivity contribution is -0.136. The first-order chi connectivity index (χ1) is 17.9. The molecular formula is C30H26ClNO4S. The number of rotatable bonds is 11. The van der Waals surface area contributed by atoms with Crippen molar-refractivity contribution in [3.05, 3.63) is 119 Å². The van der Waals surface area contributed by atoms with Crippen molar-refractivity contribution in [2.75, 3.05) is 5.32 Å². The molecule has 0 aliphatic carbocycles. The Hall–Kier alpha value is -3.74. The highest BCUT2D eigenvalue weighted by Crippen LogP contribution is 2.33. The number of carboxylic acid groups (broad SMARTS) is 1. The van der Waals surface area contributed by atoms with E-state index in [9.17, 15) is 9.59 Å². The summed E-state index contributed by atoms with van der Waals surface area (Å²) in [7, 11) is 0. The molecule has 1 amide bonds. The summed E-state index contributed by atoms with van der Waals surface area (Å²) in [6, 6.07) is 30.7. The van der Waals surface area contributed by atoms with Crippen LogP contribution in [0.3, 0.4) is 0 Å². The number of carboxylic acids is 1. The van der Waals surface area contributed by atoms with Gasteiger partial charge in [0.15, 0.2) is 0 Å². The standard InChI is InChI=1S/C30H26ClNO4S/c31-28-19-27(37-26-11-5-10-25(18-26)36-20-21-6-2-1-3-7-21)14-12-23(28)13-15-29(33)32-24-9-4-8-22(16-24)17-30(34)35/h1-12,14,16,18-19H,13,15,17,20H2,(H,32,33)(H,34,35). The summed E-state index contributed by atoms with van der Waals surface area (Å²) in [6.07, 6.45) is 0.665. The number of ether oxygens (including phenoxy) is 1. The van der Waals surface area contributed by atoms with Crippen LogP contribution in [0.1, 0.15) is 23.1 Å². The Bertz CT molecular complexity index is 1380. The van der Waals surface area contributed by atoms with Crippen molar-refractivity contribution in [2.24, 2.45) is 0 Å². The predicted octanol–water partition coefficient (Wildman–Crippen LogP) is 7.27. The number of nitrogens with one attached hydrogen (secondary N) is 1. The number of anilines is 1. The van der Waals surface area contributed by atoms with E-state index in [0.717, 1.165) is 26.7 Å². The monoisotopic (exact) mass is 531 g/mol. The maximum atomic E-state index is 12.4. The van der Waals surface area contributed by atoms with Crippen LogP contribution in [0.2, 0.25) is 5.02 Å². The van der Waals surface area contributed by atoms with Crippen LogP contribution in [-0.4, -0.2) is 17.0 Å². The predicted molar refractivity (Wildman–Crippen MR) is 148 cm³/mol. The smallest absolute Gasteiger partial charge is 0.307 e. The maximum absolute atomic E-state index is 12.4.